The Balaban J connectivity index is 1.20. The fourth-order valence-corrected chi connectivity index (χ4v) is 5.04. The molecule has 1 aromatic carbocycles. The van der Waals surface area contributed by atoms with Crippen molar-refractivity contribution in [3.05, 3.63) is 30.5 Å². The van der Waals surface area contributed by atoms with E-state index < -0.39 is 0 Å². The van der Waals surface area contributed by atoms with Crippen molar-refractivity contribution in [1.82, 2.24) is 14.4 Å². The highest BCUT2D eigenvalue weighted by molar-refractivity contribution is 5.86. The largest absolute Gasteiger partial charge is 0.490 e. The van der Waals surface area contributed by atoms with E-state index in [0.717, 1.165) is 70.1 Å². The molecular formula is C24H33N3O2. The minimum Gasteiger partial charge on any atom is -0.490 e. The summed E-state index contributed by atoms with van der Waals surface area (Å²) >= 11 is 0. The smallest absolute Gasteiger partial charge is 0.226 e. The molecule has 0 N–H and O–H groups in total. The SMILES string of the molecule is CN1CCCC(C(=O)N2CCC(Oc3cccc4c3ccn4CC3CC3)CC2)C1. The highest BCUT2D eigenvalue weighted by atomic mass is 16.5. The van der Waals surface area contributed by atoms with Gasteiger partial charge in [-0.25, -0.2) is 0 Å². The number of rotatable bonds is 5. The molecule has 5 heteroatoms. The zero-order valence-electron chi connectivity index (χ0n) is 17.6. The maximum Gasteiger partial charge on any atom is 0.226 e. The summed E-state index contributed by atoms with van der Waals surface area (Å²) in [5.74, 6) is 2.40. The van der Waals surface area contributed by atoms with Crippen LogP contribution in [-0.4, -0.2) is 59.6 Å². The molecule has 29 heavy (non-hydrogen) atoms. The Labute approximate surface area is 173 Å². The van der Waals surface area contributed by atoms with E-state index in [9.17, 15) is 4.79 Å². The van der Waals surface area contributed by atoms with Gasteiger partial charge in [0.25, 0.3) is 0 Å². The van der Waals surface area contributed by atoms with Gasteiger partial charge in [0.2, 0.25) is 5.91 Å². The number of amides is 1. The quantitative estimate of drug-likeness (QED) is 0.774. The number of hydrogen-bond acceptors (Lipinski definition) is 3. The predicted octanol–water partition coefficient (Wildman–Crippen LogP) is 3.76. The van der Waals surface area contributed by atoms with Crippen LogP contribution >= 0.6 is 0 Å². The zero-order valence-corrected chi connectivity index (χ0v) is 17.6. The molecule has 0 radical (unpaired) electrons. The Morgan fingerprint density at radius 2 is 1.90 bits per heavy atom. The van der Waals surface area contributed by atoms with Crippen LogP contribution in [0.5, 0.6) is 5.75 Å². The molecule has 3 heterocycles. The van der Waals surface area contributed by atoms with Crippen LogP contribution in [0.1, 0.15) is 38.5 Å². The summed E-state index contributed by atoms with van der Waals surface area (Å²) in [7, 11) is 2.12. The molecule has 0 spiro atoms. The van der Waals surface area contributed by atoms with Crippen molar-refractivity contribution in [2.24, 2.45) is 11.8 Å². The first-order chi connectivity index (χ1) is 14.2. The monoisotopic (exact) mass is 395 g/mol. The van der Waals surface area contributed by atoms with Gasteiger partial charge in [0.15, 0.2) is 0 Å². The van der Waals surface area contributed by atoms with Crippen LogP contribution in [0, 0.1) is 11.8 Å². The molecule has 2 aliphatic heterocycles. The van der Waals surface area contributed by atoms with Gasteiger partial charge in [0, 0.05) is 50.6 Å². The summed E-state index contributed by atoms with van der Waals surface area (Å²) < 4.78 is 8.81. The van der Waals surface area contributed by atoms with E-state index in [1.54, 1.807) is 0 Å². The number of likely N-dealkylation sites (tertiary alicyclic amines) is 2. The van der Waals surface area contributed by atoms with Gasteiger partial charge in [-0.1, -0.05) is 6.07 Å². The number of nitrogens with zero attached hydrogens (tertiary/aromatic N) is 3. The van der Waals surface area contributed by atoms with Gasteiger partial charge in [0.05, 0.1) is 11.4 Å². The maximum absolute atomic E-state index is 12.9. The van der Waals surface area contributed by atoms with Gasteiger partial charge in [0.1, 0.15) is 11.9 Å². The molecule has 1 aromatic heterocycles. The van der Waals surface area contributed by atoms with Gasteiger partial charge >= 0.3 is 0 Å². The Hall–Kier alpha value is -2.01. The number of carbonyl (C=O) groups excluding carboxylic acids is 1. The average Bonchev–Trinajstić information content (AvgIpc) is 3.46. The van der Waals surface area contributed by atoms with Gasteiger partial charge in [-0.3, -0.25) is 4.79 Å². The minimum absolute atomic E-state index is 0.186. The van der Waals surface area contributed by atoms with Crippen molar-refractivity contribution in [3.8, 4) is 5.75 Å². The van der Waals surface area contributed by atoms with E-state index in [0.29, 0.717) is 5.91 Å². The molecule has 5 nitrogen and oxygen atoms in total. The molecular weight excluding hydrogens is 362 g/mol. The van der Waals surface area contributed by atoms with E-state index in [2.05, 4.69) is 51.9 Å². The number of benzene rings is 1. The highest BCUT2D eigenvalue weighted by Crippen LogP contribution is 2.34. The summed E-state index contributed by atoms with van der Waals surface area (Å²) in [5, 5.41) is 1.22. The van der Waals surface area contributed by atoms with Crippen LogP contribution in [-0.2, 0) is 11.3 Å². The number of fused-ring (bicyclic) bond motifs is 1. The number of ether oxygens (including phenoxy) is 1. The van der Waals surface area contributed by atoms with Crippen LogP contribution in [0.25, 0.3) is 10.9 Å². The van der Waals surface area contributed by atoms with Gasteiger partial charge in [-0.05, 0) is 63.4 Å². The predicted molar refractivity (Wildman–Crippen MR) is 115 cm³/mol. The Bertz CT molecular complexity index is 864. The second-order valence-corrected chi connectivity index (χ2v) is 9.34. The lowest BCUT2D eigenvalue weighted by Gasteiger charge is -2.37. The molecule has 2 aromatic rings. The van der Waals surface area contributed by atoms with E-state index in [1.165, 1.54) is 23.7 Å². The van der Waals surface area contributed by atoms with Crippen molar-refractivity contribution >= 4 is 16.8 Å². The molecule has 2 saturated heterocycles. The molecule has 5 rings (SSSR count). The lowest BCUT2D eigenvalue weighted by atomic mass is 9.95. The summed E-state index contributed by atoms with van der Waals surface area (Å²) in [6.07, 6.45) is 9.16. The summed E-state index contributed by atoms with van der Waals surface area (Å²) in [6.45, 7) is 4.80. The Kier molecular flexibility index (Phi) is 5.25. The van der Waals surface area contributed by atoms with Crippen molar-refractivity contribution in [1.29, 1.82) is 0 Å². The first-order valence-electron chi connectivity index (χ1n) is 11.4. The minimum atomic E-state index is 0.186. The molecule has 156 valence electrons. The molecule has 3 fully saturated rings. The normalized spacial score (nSPS) is 24.2. The highest BCUT2D eigenvalue weighted by Gasteiger charge is 2.31. The van der Waals surface area contributed by atoms with Gasteiger partial charge in [-0.2, -0.15) is 0 Å². The topological polar surface area (TPSA) is 37.7 Å². The first kappa shape index (κ1) is 19.0. The Morgan fingerprint density at radius 1 is 1.07 bits per heavy atom. The molecule has 1 atom stereocenters. The third kappa shape index (κ3) is 4.16. The molecule has 1 saturated carbocycles. The molecule has 3 aliphatic rings. The number of carbonyl (C=O) groups is 1. The number of hydrogen-bond donors (Lipinski definition) is 0. The van der Waals surface area contributed by atoms with Crippen molar-refractivity contribution in [2.75, 3.05) is 33.2 Å². The van der Waals surface area contributed by atoms with Gasteiger partial charge < -0.3 is 19.1 Å². The standard InChI is InChI=1S/C24H33N3O2/c1-25-12-3-4-19(17-25)24(28)26-13-9-20(10-14-26)29-23-6-2-5-22-21(23)11-15-27(22)16-18-7-8-18/h2,5-6,11,15,18-20H,3-4,7-10,12-14,16-17H2,1H3. The molecule has 1 aliphatic carbocycles. The third-order valence-corrected chi connectivity index (χ3v) is 6.95. The average molecular weight is 396 g/mol. The number of aromatic nitrogens is 1. The third-order valence-electron chi connectivity index (χ3n) is 6.95. The van der Waals surface area contributed by atoms with Crippen molar-refractivity contribution in [3.63, 3.8) is 0 Å². The lowest BCUT2D eigenvalue weighted by Crippen LogP contribution is -2.47. The number of piperidine rings is 2. The fourth-order valence-electron chi connectivity index (χ4n) is 5.04. The van der Waals surface area contributed by atoms with E-state index >= 15 is 0 Å². The van der Waals surface area contributed by atoms with Crippen LogP contribution in [0.2, 0.25) is 0 Å². The van der Waals surface area contributed by atoms with Gasteiger partial charge in [-0.15, -0.1) is 0 Å². The lowest BCUT2D eigenvalue weighted by molar-refractivity contribution is -0.139. The van der Waals surface area contributed by atoms with E-state index in [4.69, 9.17) is 4.74 Å². The summed E-state index contributed by atoms with van der Waals surface area (Å²) in [5.41, 5.74) is 1.28. The van der Waals surface area contributed by atoms with Crippen molar-refractivity contribution in [2.45, 2.75) is 51.2 Å². The van der Waals surface area contributed by atoms with E-state index in [-0.39, 0.29) is 12.0 Å². The van der Waals surface area contributed by atoms with Crippen LogP contribution < -0.4 is 4.74 Å². The van der Waals surface area contributed by atoms with Crippen LogP contribution in [0.15, 0.2) is 30.5 Å². The van der Waals surface area contributed by atoms with E-state index in [1.807, 2.05) is 0 Å². The maximum atomic E-state index is 12.9. The summed E-state index contributed by atoms with van der Waals surface area (Å²) in [4.78, 5) is 17.3. The Morgan fingerprint density at radius 3 is 2.66 bits per heavy atom. The molecule has 0 bridgehead atoms. The molecule has 1 unspecified atom stereocenters. The molecule has 1 amide bonds. The second kappa shape index (κ2) is 8.02. The first-order valence-corrected chi connectivity index (χ1v) is 11.4. The van der Waals surface area contributed by atoms with Crippen molar-refractivity contribution < 1.29 is 9.53 Å². The zero-order chi connectivity index (χ0) is 19.8. The summed E-state index contributed by atoms with van der Waals surface area (Å²) in [6, 6.07) is 8.61. The van der Waals surface area contributed by atoms with Crippen LogP contribution in [0.3, 0.4) is 0 Å². The second-order valence-electron chi connectivity index (χ2n) is 9.34. The fraction of sp³-hybridized carbons (Fsp3) is 0.625. The van der Waals surface area contributed by atoms with Crippen LogP contribution in [0.4, 0.5) is 0 Å².